The van der Waals surface area contributed by atoms with Gasteiger partial charge in [-0.25, -0.2) is 0 Å². The highest BCUT2D eigenvalue weighted by Crippen LogP contribution is 2.23. The second kappa shape index (κ2) is 26.3. The number of aliphatic imine (C=N–C) groups is 2. The molecular formula is C39H58N14O7S2. The number of carbonyl (C=O) groups is 7. The molecule has 0 unspecified atom stereocenters. The number of rotatable bonds is 17. The van der Waals surface area contributed by atoms with Gasteiger partial charge in [-0.15, -0.1) is 0 Å². The molecule has 21 nitrogen and oxygen atoms in total. The average Bonchev–Trinajstić information content (AvgIpc) is 3.23. The Hall–Kier alpha value is -6.07. The summed E-state index contributed by atoms with van der Waals surface area (Å²) in [4.78, 5) is 103. The summed E-state index contributed by atoms with van der Waals surface area (Å²) in [6, 6.07) is 9.33. The number of benzene rings is 2. The number of guanidine groups is 2. The van der Waals surface area contributed by atoms with Gasteiger partial charge in [0.15, 0.2) is 11.9 Å². The maximum atomic E-state index is 14.2. The van der Waals surface area contributed by atoms with Crippen molar-refractivity contribution < 1.29 is 33.6 Å². The van der Waals surface area contributed by atoms with Crippen molar-refractivity contribution in [2.75, 3.05) is 24.6 Å². The lowest BCUT2D eigenvalue weighted by Gasteiger charge is -2.27. The van der Waals surface area contributed by atoms with E-state index in [0.717, 1.165) is 21.6 Å². The summed E-state index contributed by atoms with van der Waals surface area (Å²) in [7, 11) is 2.16. The minimum absolute atomic E-state index is 0.00342. The van der Waals surface area contributed by atoms with E-state index in [0.29, 0.717) is 17.5 Å². The van der Waals surface area contributed by atoms with Crippen LogP contribution in [0.1, 0.15) is 43.7 Å². The van der Waals surface area contributed by atoms with Crippen LogP contribution in [0.3, 0.4) is 0 Å². The lowest BCUT2D eigenvalue weighted by molar-refractivity contribution is -0.135. The van der Waals surface area contributed by atoms with Gasteiger partial charge in [-0.05, 0) is 43.7 Å². The molecule has 1 heterocycles. The fourth-order valence-corrected chi connectivity index (χ4v) is 8.26. The van der Waals surface area contributed by atoms with Gasteiger partial charge in [0.1, 0.15) is 36.3 Å². The third-order valence-electron chi connectivity index (χ3n) is 9.31. The number of nitrogens with one attached hydrogen (secondary N) is 6. The molecule has 1 aliphatic rings. The lowest BCUT2D eigenvalue weighted by atomic mass is 10.0. The molecule has 338 valence electrons. The third-order valence-corrected chi connectivity index (χ3v) is 11.7. The van der Waals surface area contributed by atoms with Crippen molar-refractivity contribution in [1.29, 1.82) is 0 Å². The molecule has 0 aliphatic carbocycles. The van der Waals surface area contributed by atoms with Crippen LogP contribution in [0.5, 0.6) is 0 Å². The van der Waals surface area contributed by atoms with Crippen molar-refractivity contribution in [3.63, 3.8) is 0 Å². The molecule has 0 aromatic heterocycles. The van der Waals surface area contributed by atoms with E-state index in [9.17, 15) is 33.6 Å². The molecule has 2 aromatic rings. The Balaban J connectivity index is 1.96. The lowest BCUT2D eigenvalue weighted by Crippen LogP contribution is -2.60. The summed E-state index contributed by atoms with van der Waals surface area (Å²) in [6.07, 6.45) is 0.868. The standard InChI is InChI=1S/C39H58N14O7S2/c1-22(48-33(56)25(40)14-8-16-46-38(42)43)32(55)53-30-21-62-61-20-29(31(41)54)52-36(59)28(19-24-12-6-3-7-13-24)51-35(58)27(18-23-10-4-2-5-11-23)50-34(57)26(49-37(30)60)15-9-17-47-39(44)45/h2-7,10-13,22,25-30H,8-9,14-21,40H2,1H3,(H2,41,54)(H,48,56)(H,49,60)(H,50,57)(H,51,58)(H,52,59)(H,53,55)(H4,42,43,46)(H4,44,45,47)/t22-,25-,26-,27-,28-,29-,30-/m0/s1. The Morgan fingerprint density at radius 1 is 0.677 bits per heavy atom. The second-order valence-electron chi connectivity index (χ2n) is 14.4. The zero-order valence-corrected chi connectivity index (χ0v) is 36.1. The number of carbonyl (C=O) groups excluding carboxylic acids is 7. The van der Waals surface area contributed by atoms with E-state index in [1.54, 1.807) is 60.7 Å². The molecule has 1 aliphatic heterocycles. The first kappa shape index (κ1) is 50.3. The molecule has 0 bridgehead atoms. The van der Waals surface area contributed by atoms with Gasteiger partial charge in [0, 0.05) is 37.4 Å². The van der Waals surface area contributed by atoms with Crippen LogP contribution in [-0.2, 0) is 46.4 Å². The van der Waals surface area contributed by atoms with E-state index in [1.807, 2.05) is 0 Å². The molecular weight excluding hydrogens is 841 g/mol. The van der Waals surface area contributed by atoms with Crippen molar-refractivity contribution in [1.82, 2.24) is 31.9 Å². The number of nitrogens with two attached hydrogens (primary N) is 6. The van der Waals surface area contributed by atoms with Crippen LogP contribution in [0, 0.1) is 0 Å². The van der Waals surface area contributed by atoms with Gasteiger partial charge in [0.2, 0.25) is 41.4 Å². The van der Waals surface area contributed by atoms with Crippen LogP contribution in [0.4, 0.5) is 0 Å². The number of nitrogens with zero attached hydrogens (tertiary/aromatic N) is 2. The fraction of sp³-hybridized carbons (Fsp3) is 0.462. The van der Waals surface area contributed by atoms with Crippen molar-refractivity contribution >= 4 is 74.9 Å². The summed E-state index contributed by atoms with van der Waals surface area (Å²) >= 11 is 0. The monoisotopic (exact) mass is 898 g/mol. The summed E-state index contributed by atoms with van der Waals surface area (Å²) in [5, 5.41) is 16.0. The van der Waals surface area contributed by atoms with Gasteiger partial charge in [-0.1, -0.05) is 82.3 Å². The first-order chi connectivity index (χ1) is 29.5. The first-order valence-electron chi connectivity index (χ1n) is 19.8. The van der Waals surface area contributed by atoms with Crippen molar-refractivity contribution in [2.45, 2.75) is 87.7 Å². The predicted octanol–water partition coefficient (Wildman–Crippen LogP) is -3.28. The van der Waals surface area contributed by atoms with Gasteiger partial charge in [0.05, 0.1) is 6.04 Å². The van der Waals surface area contributed by atoms with Gasteiger partial charge < -0.3 is 66.3 Å². The van der Waals surface area contributed by atoms with Crippen LogP contribution < -0.4 is 66.3 Å². The van der Waals surface area contributed by atoms with E-state index in [-0.39, 0.29) is 68.6 Å². The smallest absolute Gasteiger partial charge is 0.244 e. The highest BCUT2D eigenvalue weighted by molar-refractivity contribution is 8.76. The van der Waals surface area contributed by atoms with Gasteiger partial charge in [-0.3, -0.25) is 43.5 Å². The average molecular weight is 899 g/mol. The van der Waals surface area contributed by atoms with Gasteiger partial charge >= 0.3 is 0 Å². The highest BCUT2D eigenvalue weighted by Gasteiger charge is 2.34. The maximum Gasteiger partial charge on any atom is 0.244 e. The summed E-state index contributed by atoms with van der Waals surface area (Å²) in [6.45, 7) is 1.76. The summed E-state index contributed by atoms with van der Waals surface area (Å²) in [5.74, 6) is -5.61. The number of primary amides is 1. The van der Waals surface area contributed by atoms with Crippen LogP contribution in [0.25, 0.3) is 0 Å². The minimum Gasteiger partial charge on any atom is -0.370 e. The van der Waals surface area contributed by atoms with Crippen LogP contribution in [0.2, 0.25) is 0 Å². The summed E-state index contributed by atoms with van der Waals surface area (Å²) in [5.41, 5.74) is 34.8. The summed E-state index contributed by atoms with van der Waals surface area (Å²) < 4.78 is 0. The van der Waals surface area contributed by atoms with Gasteiger partial charge in [0.25, 0.3) is 0 Å². The molecule has 0 saturated carbocycles. The Kier molecular flexibility index (Phi) is 21.3. The molecule has 0 spiro atoms. The molecule has 62 heavy (non-hydrogen) atoms. The van der Waals surface area contributed by atoms with Crippen LogP contribution >= 0.6 is 21.6 Å². The fourth-order valence-electron chi connectivity index (χ4n) is 5.92. The Bertz CT molecular complexity index is 1890. The SMILES string of the molecule is C[C@H](NC(=O)[C@@H](N)CCCN=C(N)N)C(=O)N[C@H]1CSSC[C@@H](C(N)=O)NC(=O)[C@H](Cc2ccccc2)NC(=O)[C@H](Cc2ccccc2)NC(=O)[C@H](CCCN=C(N)N)NC1=O. The molecule has 0 radical (unpaired) electrons. The van der Waals surface area contributed by atoms with Gasteiger partial charge in [-0.2, -0.15) is 0 Å². The second-order valence-corrected chi connectivity index (χ2v) is 16.9. The normalized spacial score (nSPS) is 21.2. The van der Waals surface area contributed by atoms with Crippen molar-refractivity contribution in [3.8, 4) is 0 Å². The van der Waals surface area contributed by atoms with E-state index >= 15 is 0 Å². The number of amides is 7. The molecule has 18 N–H and O–H groups in total. The third kappa shape index (κ3) is 18.3. The quantitative estimate of drug-likeness (QED) is 0.0321. The van der Waals surface area contributed by atoms with E-state index < -0.39 is 83.6 Å². The van der Waals surface area contributed by atoms with Crippen LogP contribution in [0.15, 0.2) is 70.6 Å². The molecule has 1 fully saturated rings. The van der Waals surface area contributed by atoms with Crippen LogP contribution in [-0.4, -0.2) is 120 Å². The Morgan fingerprint density at radius 2 is 1.16 bits per heavy atom. The molecule has 1 saturated heterocycles. The van der Waals surface area contributed by atoms with E-state index in [1.165, 1.54) is 6.92 Å². The molecule has 2 aromatic carbocycles. The number of hydrogen-bond donors (Lipinski definition) is 12. The van der Waals surface area contributed by atoms with E-state index in [4.69, 9.17) is 34.4 Å². The molecule has 7 amide bonds. The zero-order valence-electron chi connectivity index (χ0n) is 34.4. The Labute approximate surface area is 367 Å². The zero-order chi connectivity index (χ0) is 45.6. The van der Waals surface area contributed by atoms with E-state index in [2.05, 4.69) is 41.9 Å². The predicted molar refractivity (Wildman–Crippen MR) is 239 cm³/mol. The molecule has 7 atom stereocenters. The first-order valence-corrected chi connectivity index (χ1v) is 22.3. The minimum atomic E-state index is -1.31. The largest absolute Gasteiger partial charge is 0.370 e. The van der Waals surface area contributed by atoms with Crippen molar-refractivity contribution in [2.24, 2.45) is 44.4 Å². The number of hydrogen-bond acceptors (Lipinski definition) is 12. The van der Waals surface area contributed by atoms with Crippen molar-refractivity contribution in [3.05, 3.63) is 71.8 Å². The molecule has 23 heteroatoms. The highest BCUT2D eigenvalue weighted by atomic mass is 33.1. The molecule has 3 rings (SSSR count). The topological polar surface area (TPSA) is 373 Å². The maximum absolute atomic E-state index is 14.2. The Morgan fingerprint density at radius 3 is 1.69 bits per heavy atom.